The Morgan fingerprint density at radius 1 is 0.710 bits per heavy atom. The summed E-state index contributed by atoms with van der Waals surface area (Å²) < 4.78 is 122. The van der Waals surface area contributed by atoms with Crippen molar-refractivity contribution in [1.29, 1.82) is 0 Å². The number of hydrogen-bond donors (Lipinski definition) is 0. The number of aromatic nitrogens is 1. The molecule has 0 unspecified atom stereocenters. The first-order valence-corrected chi connectivity index (χ1v) is 8.00. The van der Waals surface area contributed by atoms with Crippen molar-refractivity contribution in [2.75, 3.05) is 7.11 Å². The van der Waals surface area contributed by atoms with Crippen LogP contribution < -0.4 is 0 Å². The van der Waals surface area contributed by atoms with Crippen LogP contribution >= 0.6 is 11.6 Å². The average molecular weight is 494 g/mol. The first kappa shape index (κ1) is 31.2. The minimum Gasteiger partial charge on any atom is -0.418 e. The molecule has 18 heteroatoms. The minimum absolute atomic E-state index is 0.487. The topological polar surface area (TPSA) is 22.1 Å². The SMILES string of the molecule is COCc1ccc(-c2ccccc2)nc1Cl.F[B-](F)(F)F.F[B-](F)(F)F.F[B-](F)(F)F. The maximum absolute atomic E-state index is 9.75. The van der Waals surface area contributed by atoms with Gasteiger partial charge in [0.2, 0.25) is 0 Å². The number of methoxy groups -OCH3 is 1. The molecular formula is C13H12B3ClF12NO-3. The largest absolute Gasteiger partial charge is 0.673 e. The molecule has 0 spiro atoms. The summed E-state index contributed by atoms with van der Waals surface area (Å²) >= 11 is 6.07. The van der Waals surface area contributed by atoms with E-state index in [1.807, 2.05) is 42.5 Å². The first-order valence-electron chi connectivity index (χ1n) is 7.63. The Hall–Kier alpha value is -2.03. The van der Waals surface area contributed by atoms with Crippen LogP contribution in [0.3, 0.4) is 0 Å². The molecule has 0 N–H and O–H groups in total. The van der Waals surface area contributed by atoms with Crippen LogP contribution in [0.2, 0.25) is 5.15 Å². The van der Waals surface area contributed by atoms with E-state index >= 15 is 0 Å². The normalized spacial score (nSPS) is 11.2. The summed E-state index contributed by atoms with van der Waals surface area (Å²) in [7, 11) is -16.4. The second kappa shape index (κ2) is 14.1. The zero-order valence-electron chi connectivity index (χ0n) is 15.2. The van der Waals surface area contributed by atoms with Gasteiger partial charge in [0.15, 0.2) is 0 Å². The fourth-order valence-corrected chi connectivity index (χ4v) is 1.70. The average Bonchev–Trinajstić information content (AvgIpc) is 2.53. The van der Waals surface area contributed by atoms with Crippen LogP contribution in [0.5, 0.6) is 0 Å². The van der Waals surface area contributed by atoms with Crippen LogP contribution in [0.15, 0.2) is 42.5 Å². The van der Waals surface area contributed by atoms with E-state index in [-0.39, 0.29) is 0 Å². The molecule has 2 rings (SSSR count). The molecule has 0 saturated carbocycles. The summed E-state index contributed by atoms with van der Waals surface area (Å²) in [5, 5.41) is 0.503. The van der Waals surface area contributed by atoms with Crippen molar-refractivity contribution in [2.24, 2.45) is 0 Å². The van der Waals surface area contributed by atoms with E-state index in [2.05, 4.69) is 4.98 Å². The van der Waals surface area contributed by atoms with Gasteiger partial charge in [0.25, 0.3) is 0 Å². The Kier molecular flexibility index (Phi) is 14.2. The van der Waals surface area contributed by atoms with Crippen molar-refractivity contribution < 1.29 is 56.5 Å². The van der Waals surface area contributed by atoms with E-state index in [1.54, 1.807) is 7.11 Å². The van der Waals surface area contributed by atoms with E-state index in [9.17, 15) is 51.8 Å². The molecule has 0 saturated heterocycles. The zero-order chi connectivity index (χ0) is 24.9. The van der Waals surface area contributed by atoms with Gasteiger partial charge in [-0.3, -0.25) is 0 Å². The number of pyridine rings is 1. The number of ether oxygens (including phenoxy) is 1. The highest BCUT2D eigenvalue weighted by Crippen LogP contribution is 2.21. The molecule has 0 aliphatic rings. The Labute approximate surface area is 173 Å². The number of halogens is 13. The van der Waals surface area contributed by atoms with Gasteiger partial charge in [-0.2, -0.15) is 0 Å². The third-order valence-electron chi connectivity index (χ3n) is 2.30. The van der Waals surface area contributed by atoms with Gasteiger partial charge in [-0.05, 0) is 6.07 Å². The fourth-order valence-electron chi connectivity index (χ4n) is 1.50. The molecule has 0 atom stereocenters. The van der Waals surface area contributed by atoms with Crippen molar-refractivity contribution in [3.8, 4) is 11.3 Å². The fraction of sp³-hybridized carbons (Fsp3) is 0.154. The van der Waals surface area contributed by atoms with Gasteiger partial charge in [-0.1, -0.05) is 48.0 Å². The number of nitrogens with zero attached hydrogens (tertiary/aromatic N) is 1. The summed E-state index contributed by atoms with van der Waals surface area (Å²) in [4.78, 5) is 4.35. The third-order valence-corrected chi connectivity index (χ3v) is 2.62. The monoisotopic (exact) mass is 494 g/mol. The molecule has 1 aromatic carbocycles. The van der Waals surface area contributed by atoms with Crippen LogP contribution in [-0.2, 0) is 11.3 Å². The molecule has 2 nitrogen and oxygen atoms in total. The lowest BCUT2D eigenvalue weighted by molar-refractivity contribution is 0.184. The van der Waals surface area contributed by atoms with Crippen molar-refractivity contribution in [3.63, 3.8) is 0 Å². The number of benzene rings is 1. The van der Waals surface area contributed by atoms with Crippen LogP contribution in [-0.4, -0.2) is 33.9 Å². The first-order chi connectivity index (χ1) is 13.8. The van der Waals surface area contributed by atoms with Gasteiger partial charge in [0.05, 0.1) is 12.3 Å². The highest BCUT2D eigenvalue weighted by Gasteiger charge is 2.21. The summed E-state index contributed by atoms with van der Waals surface area (Å²) in [6, 6.07) is 13.9. The van der Waals surface area contributed by atoms with Crippen molar-refractivity contribution in [1.82, 2.24) is 4.98 Å². The predicted octanol–water partition coefficient (Wildman–Crippen LogP) is 7.45. The summed E-state index contributed by atoms with van der Waals surface area (Å²) in [5.74, 6) is 0. The van der Waals surface area contributed by atoms with Gasteiger partial charge in [-0.15, -0.1) is 0 Å². The molecule has 0 aliphatic heterocycles. The molecule has 31 heavy (non-hydrogen) atoms. The number of hydrogen-bond acceptors (Lipinski definition) is 2. The lowest BCUT2D eigenvalue weighted by Crippen LogP contribution is -2.02. The quantitative estimate of drug-likeness (QED) is 0.251. The second-order valence-corrected chi connectivity index (χ2v) is 5.29. The Morgan fingerprint density at radius 2 is 1.10 bits per heavy atom. The molecular weight excluding hydrogens is 482 g/mol. The smallest absolute Gasteiger partial charge is 0.418 e. The van der Waals surface area contributed by atoms with E-state index < -0.39 is 21.8 Å². The van der Waals surface area contributed by atoms with Gasteiger partial charge in [0.1, 0.15) is 5.15 Å². The Morgan fingerprint density at radius 3 is 1.42 bits per heavy atom. The molecule has 1 aromatic heterocycles. The molecule has 0 bridgehead atoms. The second-order valence-electron chi connectivity index (χ2n) is 4.93. The molecule has 0 fully saturated rings. The standard InChI is InChI=1S/C13H12ClNO.3BF4/c1-16-9-11-7-8-12(15-13(11)14)10-5-3-2-4-6-10;3*2-1(3,4)5/h2-8H,9H2,1H3;;;/q;3*-1. The lowest BCUT2D eigenvalue weighted by Gasteiger charge is -2.05. The van der Waals surface area contributed by atoms with E-state index in [1.165, 1.54) is 0 Å². The van der Waals surface area contributed by atoms with Crippen LogP contribution in [0, 0.1) is 0 Å². The molecule has 0 aliphatic carbocycles. The van der Waals surface area contributed by atoms with E-state index in [4.69, 9.17) is 16.3 Å². The highest BCUT2D eigenvalue weighted by molar-refractivity contribution is 6.50. The molecule has 0 radical (unpaired) electrons. The van der Waals surface area contributed by atoms with Gasteiger partial charge in [0, 0.05) is 18.2 Å². The van der Waals surface area contributed by atoms with E-state index in [0.29, 0.717) is 11.8 Å². The van der Waals surface area contributed by atoms with Crippen LogP contribution in [0.25, 0.3) is 11.3 Å². The summed E-state index contributed by atoms with van der Waals surface area (Å²) in [6.07, 6.45) is 0. The van der Waals surface area contributed by atoms with Crippen molar-refractivity contribution >= 4 is 33.4 Å². The third kappa shape index (κ3) is 28.0. The molecule has 1 heterocycles. The molecule has 0 amide bonds. The zero-order valence-corrected chi connectivity index (χ0v) is 16.0. The maximum Gasteiger partial charge on any atom is 0.673 e. The summed E-state index contributed by atoms with van der Waals surface area (Å²) in [6.45, 7) is 0.487. The van der Waals surface area contributed by atoms with Gasteiger partial charge >= 0.3 is 21.8 Å². The lowest BCUT2D eigenvalue weighted by atomic mass is 10.1. The van der Waals surface area contributed by atoms with Crippen molar-refractivity contribution in [3.05, 3.63) is 53.2 Å². The molecule has 178 valence electrons. The minimum atomic E-state index is -6.00. The van der Waals surface area contributed by atoms with E-state index in [0.717, 1.165) is 16.8 Å². The van der Waals surface area contributed by atoms with Gasteiger partial charge in [-0.25, -0.2) is 4.98 Å². The van der Waals surface area contributed by atoms with Crippen LogP contribution in [0.1, 0.15) is 5.56 Å². The van der Waals surface area contributed by atoms with Crippen molar-refractivity contribution in [2.45, 2.75) is 6.61 Å². The number of rotatable bonds is 3. The Balaban J connectivity index is 0. The molecule has 2 aromatic rings. The Bertz CT molecular complexity index is 697. The maximum atomic E-state index is 9.75. The van der Waals surface area contributed by atoms with Gasteiger partial charge < -0.3 is 56.5 Å². The summed E-state index contributed by atoms with van der Waals surface area (Å²) in [5.41, 5.74) is 2.85. The van der Waals surface area contributed by atoms with Crippen LogP contribution in [0.4, 0.5) is 51.8 Å². The highest BCUT2D eigenvalue weighted by atomic mass is 35.5. The predicted molar refractivity (Wildman–Crippen MR) is 96.0 cm³/mol.